The van der Waals surface area contributed by atoms with Crippen molar-refractivity contribution in [3.8, 4) is 28.7 Å². The second-order valence-corrected chi connectivity index (χ2v) is 9.65. The molecule has 6 rings (SSSR count). The molecule has 2 fully saturated rings. The van der Waals surface area contributed by atoms with E-state index in [4.69, 9.17) is 15.5 Å². The molecule has 0 radical (unpaired) electrons. The predicted octanol–water partition coefficient (Wildman–Crippen LogP) is 2.44. The van der Waals surface area contributed by atoms with Gasteiger partial charge in [0.2, 0.25) is 5.95 Å². The summed E-state index contributed by atoms with van der Waals surface area (Å²) in [6.07, 6.45) is 1.83. The maximum Gasteiger partial charge on any atom is 0.221 e. The Balaban J connectivity index is 1.19. The Kier molecular flexibility index (Phi) is 5.44. The molecule has 2 N–H and O–H groups in total. The number of anilines is 1. The van der Waals surface area contributed by atoms with E-state index in [1.165, 1.54) is 0 Å². The van der Waals surface area contributed by atoms with Crippen LogP contribution >= 0.6 is 0 Å². The van der Waals surface area contributed by atoms with Crippen LogP contribution in [0, 0.1) is 23.7 Å². The minimum absolute atomic E-state index is 0.134. The maximum atomic E-state index is 9.37. The van der Waals surface area contributed by atoms with E-state index in [-0.39, 0.29) is 5.95 Å². The summed E-state index contributed by atoms with van der Waals surface area (Å²) >= 11 is 0. The SMILES string of the molecule is Cc1c(C#N)cccc1-c1cc(-c2cn(Cc3cccc(CN4CC5(COC5)C4)n3)nn2)nc(N)n1. The zero-order valence-electron chi connectivity index (χ0n) is 19.9. The zero-order valence-corrected chi connectivity index (χ0v) is 19.9. The highest BCUT2D eigenvalue weighted by molar-refractivity contribution is 5.71. The number of ether oxygens (including phenoxy) is 1. The van der Waals surface area contributed by atoms with Crippen LogP contribution in [0.3, 0.4) is 0 Å². The number of nitrogens with two attached hydrogens (primary N) is 1. The topological polar surface area (TPSA) is 132 Å². The summed E-state index contributed by atoms with van der Waals surface area (Å²) in [6, 6.07) is 15.6. The van der Waals surface area contributed by atoms with Crippen LogP contribution in [0.1, 0.15) is 22.5 Å². The number of nitrogen functional groups attached to an aromatic ring is 1. The Morgan fingerprint density at radius 3 is 2.50 bits per heavy atom. The third-order valence-electron chi connectivity index (χ3n) is 6.78. The molecule has 36 heavy (non-hydrogen) atoms. The summed E-state index contributed by atoms with van der Waals surface area (Å²) in [5.74, 6) is 0.134. The molecule has 10 heteroatoms. The van der Waals surface area contributed by atoms with Crippen LogP contribution in [-0.4, -0.2) is 61.1 Å². The average molecular weight is 480 g/mol. The smallest absolute Gasteiger partial charge is 0.221 e. The maximum absolute atomic E-state index is 9.37. The van der Waals surface area contributed by atoms with Crippen molar-refractivity contribution in [1.82, 2.24) is 34.8 Å². The molecule has 10 nitrogen and oxygen atoms in total. The first-order chi connectivity index (χ1) is 17.5. The molecule has 0 saturated carbocycles. The van der Waals surface area contributed by atoms with Crippen LogP contribution in [0.2, 0.25) is 0 Å². The van der Waals surface area contributed by atoms with E-state index in [0.29, 0.717) is 34.6 Å². The Hall–Kier alpha value is -4.20. The molecule has 5 heterocycles. The van der Waals surface area contributed by atoms with Gasteiger partial charge in [0.05, 0.1) is 60.4 Å². The van der Waals surface area contributed by atoms with E-state index in [0.717, 1.165) is 55.4 Å². The van der Waals surface area contributed by atoms with E-state index in [9.17, 15) is 5.26 Å². The number of pyridine rings is 1. The first kappa shape index (κ1) is 22.3. The normalized spacial score (nSPS) is 16.3. The summed E-state index contributed by atoms with van der Waals surface area (Å²) in [7, 11) is 0. The molecule has 4 aromatic rings. The Labute approximate surface area is 208 Å². The number of hydrogen-bond donors (Lipinski definition) is 1. The fraction of sp³-hybridized carbons (Fsp3) is 0.308. The Bertz CT molecular complexity index is 1480. The third kappa shape index (κ3) is 4.19. The molecule has 0 amide bonds. The third-order valence-corrected chi connectivity index (χ3v) is 6.78. The molecule has 1 spiro atoms. The fourth-order valence-corrected chi connectivity index (χ4v) is 4.95. The molecule has 0 unspecified atom stereocenters. The molecular formula is C26H25N9O. The molecule has 1 aromatic carbocycles. The van der Waals surface area contributed by atoms with Crippen molar-refractivity contribution < 1.29 is 4.74 Å². The van der Waals surface area contributed by atoms with Gasteiger partial charge in [0, 0.05) is 30.6 Å². The first-order valence-electron chi connectivity index (χ1n) is 11.8. The minimum atomic E-state index is 0.134. The van der Waals surface area contributed by atoms with Gasteiger partial charge in [-0.15, -0.1) is 5.10 Å². The summed E-state index contributed by atoms with van der Waals surface area (Å²) in [4.78, 5) is 16.0. The molecule has 0 aliphatic carbocycles. The van der Waals surface area contributed by atoms with Crippen molar-refractivity contribution in [2.24, 2.45) is 5.41 Å². The second-order valence-electron chi connectivity index (χ2n) is 9.65. The van der Waals surface area contributed by atoms with E-state index < -0.39 is 0 Å². The summed E-state index contributed by atoms with van der Waals surface area (Å²) in [5.41, 5.74) is 12.4. The van der Waals surface area contributed by atoms with Crippen LogP contribution in [-0.2, 0) is 17.8 Å². The van der Waals surface area contributed by atoms with Gasteiger partial charge in [-0.25, -0.2) is 14.6 Å². The van der Waals surface area contributed by atoms with E-state index in [2.05, 4.69) is 37.3 Å². The van der Waals surface area contributed by atoms with Gasteiger partial charge in [-0.1, -0.05) is 23.4 Å². The van der Waals surface area contributed by atoms with Gasteiger partial charge in [-0.3, -0.25) is 9.88 Å². The largest absolute Gasteiger partial charge is 0.380 e. The van der Waals surface area contributed by atoms with Crippen LogP contribution in [0.5, 0.6) is 0 Å². The summed E-state index contributed by atoms with van der Waals surface area (Å²) in [5, 5.41) is 18.0. The molecule has 0 atom stereocenters. The lowest BCUT2D eigenvalue weighted by molar-refractivity contribution is -0.191. The summed E-state index contributed by atoms with van der Waals surface area (Å²) in [6.45, 7) is 7.16. The van der Waals surface area contributed by atoms with Gasteiger partial charge < -0.3 is 10.5 Å². The Morgan fingerprint density at radius 1 is 1.00 bits per heavy atom. The lowest BCUT2D eigenvalue weighted by Crippen LogP contribution is -2.65. The number of likely N-dealkylation sites (tertiary alicyclic amines) is 1. The van der Waals surface area contributed by atoms with Gasteiger partial charge in [0.15, 0.2) is 0 Å². The number of hydrogen-bond acceptors (Lipinski definition) is 9. The number of nitriles is 1. The standard InChI is InChI=1S/C26H25N9O/c1-17-18(9-27)4-2-7-21(17)22-8-23(31-25(28)30-22)24-12-35(33-32-24)11-20-6-3-5-19(29-20)10-34-13-26(14-34)15-36-16-26/h2-8,12H,10-11,13-16H2,1H3,(H2,28,30,31). The van der Waals surface area contributed by atoms with Gasteiger partial charge in [0.25, 0.3) is 0 Å². The van der Waals surface area contributed by atoms with Crippen molar-refractivity contribution in [2.45, 2.75) is 20.0 Å². The van der Waals surface area contributed by atoms with Crippen molar-refractivity contribution in [1.29, 1.82) is 5.26 Å². The van der Waals surface area contributed by atoms with Gasteiger partial charge >= 0.3 is 0 Å². The first-order valence-corrected chi connectivity index (χ1v) is 11.8. The zero-order chi connectivity index (χ0) is 24.7. The monoisotopic (exact) mass is 479 g/mol. The van der Waals surface area contributed by atoms with Gasteiger partial charge in [-0.05, 0) is 36.8 Å². The molecular weight excluding hydrogens is 454 g/mol. The summed E-state index contributed by atoms with van der Waals surface area (Å²) < 4.78 is 7.11. The number of rotatable bonds is 6. The molecule has 2 aliphatic rings. The lowest BCUT2D eigenvalue weighted by Gasteiger charge is -2.55. The van der Waals surface area contributed by atoms with Crippen molar-refractivity contribution in [3.05, 3.63) is 71.2 Å². The van der Waals surface area contributed by atoms with E-state index in [1.54, 1.807) is 10.7 Å². The minimum Gasteiger partial charge on any atom is -0.380 e. The quantitative estimate of drug-likeness (QED) is 0.443. The highest BCUT2D eigenvalue weighted by atomic mass is 16.5. The fourth-order valence-electron chi connectivity index (χ4n) is 4.95. The average Bonchev–Trinajstić information content (AvgIpc) is 3.28. The van der Waals surface area contributed by atoms with Crippen molar-refractivity contribution >= 4 is 5.95 Å². The second kappa shape index (κ2) is 8.78. The predicted molar refractivity (Wildman–Crippen MR) is 132 cm³/mol. The van der Waals surface area contributed by atoms with Crippen molar-refractivity contribution in [2.75, 3.05) is 32.0 Å². The van der Waals surface area contributed by atoms with Gasteiger partial charge in [0.1, 0.15) is 5.69 Å². The van der Waals surface area contributed by atoms with Gasteiger partial charge in [-0.2, -0.15) is 5.26 Å². The molecule has 0 bridgehead atoms. The Morgan fingerprint density at radius 2 is 1.75 bits per heavy atom. The number of aromatic nitrogens is 6. The highest BCUT2D eigenvalue weighted by Gasteiger charge is 2.48. The number of nitrogens with zero attached hydrogens (tertiary/aromatic N) is 8. The molecule has 180 valence electrons. The molecule has 2 saturated heterocycles. The van der Waals surface area contributed by atoms with E-state index in [1.807, 2.05) is 43.5 Å². The van der Waals surface area contributed by atoms with Crippen LogP contribution in [0.15, 0.2) is 48.7 Å². The van der Waals surface area contributed by atoms with Crippen molar-refractivity contribution in [3.63, 3.8) is 0 Å². The number of benzene rings is 1. The highest BCUT2D eigenvalue weighted by Crippen LogP contribution is 2.38. The van der Waals surface area contributed by atoms with Crippen LogP contribution in [0.25, 0.3) is 22.6 Å². The van der Waals surface area contributed by atoms with Crippen LogP contribution < -0.4 is 5.73 Å². The molecule has 3 aromatic heterocycles. The van der Waals surface area contributed by atoms with E-state index >= 15 is 0 Å². The molecule has 2 aliphatic heterocycles. The van der Waals surface area contributed by atoms with Crippen LogP contribution in [0.4, 0.5) is 5.95 Å². The lowest BCUT2D eigenvalue weighted by atomic mass is 9.78.